The number of carbonyl (C=O) groups excluding carboxylic acids is 1. The van der Waals surface area contributed by atoms with Crippen LogP contribution < -0.4 is 10.2 Å². The lowest BCUT2D eigenvalue weighted by atomic mass is 10.1. The average Bonchev–Trinajstić information content (AvgIpc) is 2.57. The summed E-state index contributed by atoms with van der Waals surface area (Å²) in [5, 5.41) is 12.8. The van der Waals surface area contributed by atoms with E-state index in [1.165, 1.54) is 31.4 Å². The Morgan fingerprint density at radius 1 is 1.18 bits per heavy atom. The Kier molecular flexibility index (Phi) is 4.83. The second-order valence-electron chi connectivity index (χ2n) is 4.25. The lowest BCUT2D eigenvalue weighted by molar-refractivity contribution is 0.106. The smallest absolute Gasteiger partial charge is 0.223 e. The highest BCUT2D eigenvalue weighted by Gasteiger charge is 2.14. The molecule has 2 aromatic carbocycles. The number of halogens is 1. The van der Waals surface area contributed by atoms with Crippen molar-refractivity contribution in [2.75, 3.05) is 12.5 Å². The van der Waals surface area contributed by atoms with Gasteiger partial charge in [-0.25, -0.2) is 4.39 Å². The van der Waals surface area contributed by atoms with Crippen LogP contribution in [0.1, 0.15) is 10.4 Å². The second kappa shape index (κ2) is 6.99. The Morgan fingerprint density at radius 3 is 2.36 bits per heavy atom. The van der Waals surface area contributed by atoms with Crippen LogP contribution in [0.4, 0.5) is 10.1 Å². The normalized spacial score (nSPS) is 10.7. The van der Waals surface area contributed by atoms with Crippen molar-refractivity contribution in [1.29, 1.82) is 5.26 Å². The first-order chi connectivity index (χ1) is 10.6. The molecule has 0 aliphatic carbocycles. The van der Waals surface area contributed by atoms with Crippen molar-refractivity contribution in [1.82, 2.24) is 0 Å². The van der Waals surface area contributed by atoms with Gasteiger partial charge in [0.25, 0.3) is 0 Å². The molecule has 0 aliphatic rings. The van der Waals surface area contributed by atoms with Gasteiger partial charge in [0, 0.05) is 5.56 Å². The fraction of sp³-hybridized carbons (Fsp3) is 0.0625. The summed E-state index contributed by atoms with van der Waals surface area (Å²) in [4.78, 5) is 12.2. The van der Waals surface area contributed by atoms with Crippen molar-refractivity contribution in [2.45, 2.75) is 0 Å². The number of hydrazone groups is 1. The van der Waals surface area contributed by atoms with Crippen LogP contribution in [0.5, 0.6) is 5.75 Å². The topological polar surface area (TPSA) is 74.5 Å². The van der Waals surface area contributed by atoms with Gasteiger partial charge >= 0.3 is 0 Å². The number of methoxy groups -OCH3 is 1. The number of hydrogen-bond donors (Lipinski definition) is 1. The Bertz CT molecular complexity index is 731. The van der Waals surface area contributed by atoms with Gasteiger partial charge in [-0.05, 0) is 48.5 Å². The Balaban J connectivity index is 2.15. The molecule has 1 N–H and O–H groups in total. The van der Waals surface area contributed by atoms with Gasteiger partial charge < -0.3 is 4.74 Å². The number of ether oxygens (including phenoxy) is 1. The van der Waals surface area contributed by atoms with Gasteiger partial charge in [-0.3, -0.25) is 10.2 Å². The molecule has 22 heavy (non-hydrogen) atoms. The molecule has 5 nitrogen and oxygen atoms in total. The highest BCUT2D eigenvalue weighted by atomic mass is 19.1. The van der Waals surface area contributed by atoms with Crippen LogP contribution in [0, 0.1) is 17.1 Å². The molecule has 2 aromatic rings. The van der Waals surface area contributed by atoms with Gasteiger partial charge in [-0.1, -0.05) is 0 Å². The van der Waals surface area contributed by atoms with E-state index in [0.29, 0.717) is 17.0 Å². The third-order valence-corrected chi connectivity index (χ3v) is 2.81. The van der Waals surface area contributed by atoms with Gasteiger partial charge in [0.15, 0.2) is 0 Å². The molecule has 110 valence electrons. The number of carbonyl (C=O) groups is 1. The molecule has 2 rings (SSSR count). The van der Waals surface area contributed by atoms with Crippen LogP contribution in [0.2, 0.25) is 0 Å². The largest absolute Gasteiger partial charge is 0.497 e. The lowest BCUT2D eigenvalue weighted by Gasteiger charge is -2.03. The Morgan fingerprint density at radius 2 is 1.82 bits per heavy atom. The number of anilines is 1. The molecule has 0 fully saturated rings. The molecule has 0 unspecified atom stereocenters. The SMILES string of the molecule is COc1ccc(C(=O)C(C#N)=NNc2ccc(F)cc2)cc1. The maximum absolute atomic E-state index is 12.8. The molecule has 0 atom stereocenters. The number of nitriles is 1. The number of Topliss-reactive ketones (excluding diaryl/α,β-unsaturated/α-hetero) is 1. The molecular formula is C16H12FN3O2. The van der Waals surface area contributed by atoms with E-state index in [1.807, 2.05) is 0 Å². The summed E-state index contributed by atoms with van der Waals surface area (Å²) in [7, 11) is 1.52. The number of benzene rings is 2. The number of nitrogens with zero attached hydrogens (tertiary/aromatic N) is 2. The summed E-state index contributed by atoms with van der Waals surface area (Å²) >= 11 is 0. The number of nitrogens with one attached hydrogen (secondary N) is 1. The summed E-state index contributed by atoms with van der Waals surface area (Å²) in [6.07, 6.45) is 0. The van der Waals surface area contributed by atoms with E-state index in [-0.39, 0.29) is 11.5 Å². The first-order valence-electron chi connectivity index (χ1n) is 6.32. The minimum absolute atomic E-state index is 0.297. The van der Waals surface area contributed by atoms with Gasteiger partial charge in [0.1, 0.15) is 17.6 Å². The van der Waals surface area contributed by atoms with Crippen molar-refractivity contribution in [3.63, 3.8) is 0 Å². The average molecular weight is 297 g/mol. The first-order valence-corrected chi connectivity index (χ1v) is 6.32. The predicted octanol–water partition coefficient (Wildman–Crippen LogP) is 3.01. The Labute approximate surface area is 126 Å². The van der Waals surface area contributed by atoms with Crippen molar-refractivity contribution < 1.29 is 13.9 Å². The van der Waals surface area contributed by atoms with Crippen molar-refractivity contribution in [2.24, 2.45) is 5.10 Å². The van der Waals surface area contributed by atoms with E-state index in [1.54, 1.807) is 30.3 Å². The van der Waals surface area contributed by atoms with Crippen LogP contribution >= 0.6 is 0 Å². The third kappa shape index (κ3) is 3.67. The van der Waals surface area contributed by atoms with Crippen LogP contribution in [0.15, 0.2) is 53.6 Å². The summed E-state index contributed by atoms with van der Waals surface area (Å²) in [6, 6.07) is 13.5. The van der Waals surface area contributed by atoms with E-state index >= 15 is 0 Å². The highest BCUT2D eigenvalue weighted by Crippen LogP contribution is 2.13. The van der Waals surface area contributed by atoms with Gasteiger partial charge in [-0.15, -0.1) is 0 Å². The second-order valence-corrected chi connectivity index (χ2v) is 4.25. The molecule has 0 heterocycles. The van der Waals surface area contributed by atoms with Crippen LogP contribution in [-0.2, 0) is 0 Å². The standard InChI is InChI=1S/C16H12FN3O2/c1-22-14-8-2-11(3-9-14)16(21)15(10-18)20-19-13-6-4-12(17)5-7-13/h2-9,19H,1H3. The van der Waals surface area contributed by atoms with Crippen molar-refractivity contribution in [3.05, 3.63) is 59.9 Å². The third-order valence-electron chi connectivity index (χ3n) is 2.81. The van der Waals surface area contributed by atoms with Gasteiger partial charge in [0.2, 0.25) is 11.5 Å². The summed E-state index contributed by atoms with van der Waals surface area (Å²) < 4.78 is 17.8. The van der Waals surface area contributed by atoms with Crippen molar-refractivity contribution in [3.8, 4) is 11.8 Å². The number of ketones is 1. The minimum atomic E-state index is -0.514. The van der Waals surface area contributed by atoms with E-state index < -0.39 is 5.78 Å². The van der Waals surface area contributed by atoms with E-state index in [0.717, 1.165) is 0 Å². The van der Waals surface area contributed by atoms with E-state index in [9.17, 15) is 9.18 Å². The molecule has 0 amide bonds. The molecule has 0 aliphatic heterocycles. The highest BCUT2D eigenvalue weighted by molar-refractivity contribution is 6.51. The fourth-order valence-corrected chi connectivity index (χ4v) is 1.65. The summed E-state index contributed by atoms with van der Waals surface area (Å²) in [5.41, 5.74) is 3.04. The lowest BCUT2D eigenvalue weighted by Crippen LogP contribution is -2.14. The minimum Gasteiger partial charge on any atom is -0.497 e. The van der Waals surface area contributed by atoms with Crippen molar-refractivity contribution >= 4 is 17.2 Å². The number of hydrogen-bond acceptors (Lipinski definition) is 5. The fourth-order valence-electron chi connectivity index (χ4n) is 1.65. The molecule has 0 radical (unpaired) electrons. The Hall–Kier alpha value is -3.20. The van der Waals surface area contributed by atoms with Crippen LogP contribution in [0.25, 0.3) is 0 Å². The molecule has 0 aromatic heterocycles. The van der Waals surface area contributed by atoms with E-state index in [2.05, 4.69) is 10.5 Å². The predicted molar refractivity (Wildman–Crippen MR) is 80.4 cm³/mol. The molecule has 0 saturated carbocycles. The molecule has 6 heteroatoms. The molecule has 0 bridgehead atoms. The zero-order valence-electron chi connectivity index (χ0n) is 11.7. The maximum Gasteiger partial charge on any atom is 0.223 e. The number of rotatable bonds is 5. The van der Waals surface area contributed by atoms with Gasteiger partial charge in [-0.2, -0.15) is 10.4 Å². The molecular weight excluding hydrogens is 285 g/mol. The summed E-state index contributed by atoms with van der Waals surface area (Å²) in [6.45, 7) is 0. The zero-order chi connectivity index (χ0) is 15.9. The molecule has 0 saturated heterocycles. The maximum atomic E-state index is 12.8. The quantitative estimate of drug-likeness (QED) is 0.523. The zero-order valence-corrected chi connectivity index (χ0v) is 11.7. The van der Waals surface area contributed by atoms with Crippen LogP contribution in [0.3, 0.4) is 0 Å². The van der Waals surface area contributed by atoms with E-state index in [4.69, 9.17) is 10.00 Å². The summed E-state index contributed by atoms with van der Waals surface area (Å²) in [5.74, 6) is -0.291. The first kappa shape index (κ1) is 15.2. The monoisotopic (exact) mass is 297 g/mol. The van der Waals surface area contributed by atoms with Crippen LogP contribution in [-0.4, -0.2) is 18.6 Å². The molecule has 0 spiro atoms. The van der Waals surface area contributed by atoms with Gasteiger partial charge in [0.05, 0.1) is 12.8 Å².